The maximum absolute atomic E-state index is 11.9. The molecule has 0 spiro atoms. The third-order valence-corrected chi connectivity index (χ3v) is 3.21. The summed E-state index contributed by atoms with van der Waals surface area (Å²) >= 11 is 5.91. The molecule has 22 heavy (non-hydrogen) atoms. The van der Waals surface area contributed by atoms with Crippen molar-refractivity contribution in [3.05, 3.63) is 65.2 Å². The predicted molar refractivity (Wildman–Crippen MR) is 76.9 cm³/mol. The molecule has 1 aliphatic rings. The first kappa shape index (κ1) is 14.2. The highest BCUT2D eigenvalue weighted by Gasteiger charge is 2.37. The number of para-hydroxylation sites is 1. The Morgan fingerprint density at radius 1 is 1.18 bits per heavy atom. The summed E-state index contributed by atoms with van der Waals surface area (Å²) in [6.07, 6.45) is 0.0845. The number of benzene rings is 1. The monoisotopic (exact) mass is 319 g/mol. The first-order valence-electron chi connectivity index (χ1n) is 6.32. The van der Waals surface area contributed by atoms with Gasteiger partial charge in [-0.2, -0.15) is 0 Å². The maximum atomic E-state index is 11.9. The molecule has 1 N–H and O–H groups in total. The van der Waals surface area contributed by atoms with Crippen molar-refractivity contribution in [2.45, 2.75) is 6.29 Å². The molecule has 112 valence electrons. The predicted octanol–water partition coefficient (Wildman–Crippen LogP) is 2.88. The summed E-state index contributed by atoms with van der Waals surface area (Å²) in [5.74, 6) is -1.53. The lowest BCUT2D eigenvalue weighted by atomic mass is 10.3. The van der Waals surface area contributed by atoms with E-state index in [2.05, 4.69) is 5.32 Å². The van der Waals surface area contributed by atoms with Gasteiger partial charge in [-0.15, -0.1) is 0 Å². The van der Waals surface area contributed by atoms with Crippen molar-refractivity contribution < 1.29 is 23.5 Å². The van der Waals surface area contributed by atoms with E-state index in [1.807, 2.05) is 6.07 Å². The molecular weight excluding hydrogens is 310 g/mol. The second kappa shape index (κ2) is 5.95. The van der Waals surface area contributed by atoms with Gasteiger partial charge < -0.3 is 19.2 Å². The van der Waals surface area contributed by atoms with Crippen LogP contribution in [0.25, 0.3) is 0 Å². The summed E-state index contributed by atoms with van der Waals surface area (Å²) in [6.45, 7) is 0. The second-order valence-corrected chi connectivity index (χ2v) is 4.72. The van der Waals surface area contributed by atoms with Gasteiger partial charge >= 0.3 is 11.9 Å². The summed E-state index contributed by atoms with van der Waals surface area (Å²) in [5, 5.41) is 2.75. The van der Waals surface area contributed by atoms with Crippen LogP contribution in [0.1, 0.15) is 10.6 Å². The number of anilines is 1. The standard InChI is InChI=1S/C15H10ClNO5/c16-11-12(17-9-5-2-1-3-6-9)15(22-14(11)19)21-13(18)10-7-4-8-20-10/h1-8,15,17H/t15-/m0/s1. The fraction of sp³-hybridized carbons (Fsp3) is 0.0667. The lowest BCUT2D eigenvalue weighted by molar-refractivity contribution is -0.152. The molecular formula is C15H10ClNO5. The molecule has 0 radical (unpaired) electrons. The second-order valence-electron chi connectivity index (χ2n) is 4.34. The van der Waals surface area contributed by atoms with Gasteiger partial charge in [0.1, 0.15) is 5.70 Å². The van der Waals surface area contributed by atoms with Crippen molar-refractivity contribution in [2.24, 2.45) is 0 Å². The molecule has 0 fully saturated rings. The van der Waals surface area contributed by atoms with Gasteiger partial charge in [0.2, 0.25) is 5.76 Å². The molecule has 1 aliphatic heterocycles. The van der Waals surface area contributed by atoms with Crippen LogP contribution < -0.4 is 5.32 Å². The van der Waals surface area contributed by atoms with Crippen molar-refractivity contribution in [1.82, 2.24) is 0 Å². The largest absolute Gasteiger partial charge is 0.457 e. The van der Waals surface area contributed by atoms with Gasteiger partial charge in [0.25, 0.3) is 6.29 Å². The van der Waals surface area contributed by atoms with Crippen LogP contribution >= 0.6 is 11.6 Å². The number of rotatable bonds is 4. The Labute approximate surface area is 130 Å². The summed E-state index contributed by atoms with van der Waals surface area (Å²) in [6, 6.07) is 12.0. The highest BCUT2D eigenvalue weighted by molar-refractivity contribution is 6.42. The van der Waals surface area contributed by atoms with Gasteiger partial charge in [0, 0.05) is 5.69 Å². The Balaban J connectivity index is 1.79. The number of furan rings is 1. The van der Waals surface area contributed by atoms with E-state index in [4.69, 9.17) is 25.5 Å². The normalized spacial score (nSPS) is 17.3. The van der Waals surface area contributed by atoms with E-state index >= 15 is 0 Å². The minimum Gasteiger partial charge on any atom is -0.457 e. The smallest absolute Gasteiger partial charge is 0.377 e. The van der Waals surface area contributed by atoms with Crippen LogP contribution in [0, 0.1) is 0 Å². The van der Waals surface area contributed by atoms with E-state index in [9.17, 15) is 9.59 Å². The summed E-state index contributed by atoms with van der Waals surface area (Å²) in [5.41, 5.74) is 0.839. The molecule has 0 saturated carbocycles. The molecule has 1 aromatic heterocycles. The molecule has 7 heteroatoms. The van der Waals surface area contributed by atoms with E-state index in [0.29, 0.717) is 5.69 Å². The summed E-state index contributed by atoms with van der Waals surface area (Å²) < 4.78 is 15.0. The fourth-order valence-electron chi connectivity index (χ4n) is 1.85. The number of ether oxygens (including phenoxy) is 2. The molecule has 0 saturated heterocycles. The average Bonchev–Trinajstić information content (AvgIpc) is 3.14. The number of carbonyl (C=O) groups excluding carboxylic acids is 2. The van der Waals surface area contributed by atoms with Crippen molar-refractivity contribution in [1.29, 1.82) is 0 Å². The molecule has 6 nitrogen and oxygen atoms in total. The Kier molecular flexibility index (Phi) is 3.84. The van der Waals surface area contributed by atoms with E-state index < -0.39 is 18.2 Å². The van der Waals surface area contributed by atoms with E-state index in [1.165, 1.54) is 12.3 Å². The minimum atomic E-state index is -1.25. The summed E-state index contributed by atoms with van der Waals surface area (Å²) in [4.78, 5) is 23.5. The fourth-order valence-corrected chi connectivity index (χ4v) is 2.03. The molecule has 0 bridgehead atoms. The Morgan fingerprint density at radius 2 is 1.95 bits per heavy atom. The lowest BCUT2D eigenvalue weighted by Crippen LogP contribution is -2.23. The first-order valence-corrected chi connectivity index (χ1v) is 6.70. The lowest BCUT2D eigenvalue weighted by Gasteiger charge is -2.15. The van der Waals surface area contributed by atoms with Crippen LogP contribution in [0.15, 0.2) is 63.9 Å². The molecule has 2 heterocycles. The van der Waals surface area contributed by atoms with E-state index in [0.717, 1.165) is 0 Å². The zero-order chi connectivity index (χ0) is 15.5. The average molecular weight is 320 g/mol. The quantitative estimate of drug-likeness (QED) is 0.873. The number of carbonyl (C=O) groups is 2. The van der Waals surface area contributed by atoms with E-state index in [-0.39, 0.29) is 16.5 Å². The zero-order valence-electron chi connectivity index (χ0n) is 11.1. The third kappa shape index (κ3) is 2.82. The third-order valence-electron chi connectivity index (χ3n) is 2.85. The number of halogens is 1. The van der Waals surface area contributed by atoms with Gasteiger partial charge in [-0.05, 0) is 24.3 Å². The Hall–Kier alpha value is -2.73. The SMILES string of the molecule is O=C1O[C@H](OC(=O)c2ccco2)C(Nc2ccccc2)=C1Cl. The molecule has 3 rings (SSSR count). The molecule has 0 aliphatic carbocycles. The number of cyclic esters (lactones) is 1. The molecule has 0 unspecified atom stereocenters. The van der Waals surface area contributed by atoms with Crippen molar-refractivity contribution in [3.8, 4) is 0 Å². The van der Waals surface area contributed by atoms with Gasteiger partial charge in [0.05, 0.1) is 6.26 Å². The van der Waals surface area contributed by atoms with Gasteiger partial charge in [-0.3, -0.25) is 0 Å². The maximum Gasteiger partial charge on any atom is 0.377 e. The molecule has 2 aromatic rings. The van der Waals surface area contributed by atoms with Gasteiger partial charge in [-0.1, -0.05) is 29.8 Å². The van der Waals surface area contributed by atoms with Crippen molar-refractivity contribution in [3.63, 3.8) is 0 Å². The van der Waals surface area contributed by atoms with E-state index in [1.54, 1.807) is 30.3 Å². The van der Waals surface area contributed by atoms with Gasteiger partial charge in [0.15, 0.2) is 5.03 Å². The summed E-state index contributed by atoms with van der Waals surface area (Å²) in [7, 11) is 0. The van der Waals surface area contributed by atoms with Crippen molar-refractivity contribution >= 4 is 29.2 Å². The molecule has 1 aromatic carbocycles. The number of hydrogen-bond donors (Lipinski definition) is 1. The number of hydrogen-bond acceptors (Lipinski definition) is 6. The highest BCUT2D eigenvalue weighted by Crippen LogP contribution is 2.28. The van der Waals surface area contributed by atoms with Crippen LogP contribution in [-0.2, 0) is 14.3 Å². The first-order chi connectivity index (χ1) is 10.6. The topological polar surface area (TPSA) is 77.8 Å². The Morgan fingerprint density at radius 3 is 2.64 bits per heavy atom. The molecule has 0 amide bonds. The Bertz CT molecular complexity index is 724. The van der Waals surface area contributed by atoms with Crippen LogP contribution in [0.5, 0.6) is 0 Å². The van der Waals surface area contributed by atoms with Crippen LogP contribution in [0.4, 0.5) is 5.69 Å². The number of esters is 2. The van der Waals surface area contributed by atoms with Crippen LogP contribution in [0.2, 0.25) is 0 Å². The van der Waals surface area contributed by atoms with Gasteiger partial charge in [-0.25, -0.2) is 9.59 Å². The molecule has 1 atom stereocenters. The minimum absolute atomic E-state index is 0.00173. The highest BCUT2D eigenvalue weighted by atomic mass is 35.5. The van der Waals surface area contributed by atoms with Crippen LogP contribution in [0.3, 0.4) is 0 Å². The number of nitrogens with one attached hydrogen (secondary N) is 1. The van der Waals surface area contributed by atoms with Crippen molar-refractivity contribution in [2.75, 3.05) is 5.32 Å². The van der Waals surface area contributed by atoms with Crippen LogP contribution in [-0.4, -0.2) is 18.2 Å². The zero-order valence-corrected chi connectivity index (χ0v) is 11.9.